The van der Waals surface area contributed by atoms with Crippen LogP contribution in [0.4, 0.5) is 14.3 Å². The molecule has 2 aliphatic heterocycles. The van der Waals surface area contributed by atoms with E-state index in [1.165, 1.54) is 71.4 Å². The number of Topliss-reactive ketones (excluding diaryl/α,β-unsaturated/α-hetero) is 2. The molecule has 2 unspecified atom stereocenters. The van der Waals surface area contributed by atoms with Crippen molar-refractivity contribution in [2.75, 3.05) is 13.2 Å². The van der Waals surface area contributed by atoms with Gasteiger partial charge in [-0.15, -0.1) is 0 Å². The fourth-order valence-corrected chi connectivity index (χ4v) is 20.1. The zero-order valence-corrected chi connectivity index (χ0v) is 72.9. The number of hydrogen-bond acceptors (Lipinski definition) is 30. The van der Waals surface area contributed by atoms with Crippen molar-refractivity contribution in [2.24, 2.45) is 45.3 Å². The Morgan fingerprint density at radius 3 is 1.29 bits per heavy atom. The number of halogens is 1. The predicted molar refractivity (Wildman–Crippen MR) is 429 cm³/mol. The maximum Gasteiger partial charge on any atom is 0.408 e. The molecular formula is C90H115FN2O30. The molecule has 8 aliphatic rings. The topological polar surface area (TPSA) is 447 Å². The molecule has 0 spiro atoms. The van der Waals surface area contributed by atoms with E-state index in [1.54, 1.807) is 158 Å². The number of amides is 2. The Balaban J connectivity index is 0.000000255. The molecule has 123 heavy (non-hydrogen) atoms. The maximum absolute atomic E-state index is 15.6. The first-order valence-electron chi connectivity index (χ1n) is 41.2. The van der Waals surface area contributed by atoms with Crippen LogP contribution in [0.25, 0.3) is 0 Å². The summed E-state index contributed by atoms with van der Waals surface area (Å²) in [6, 6.07) is 19.4. The zero-order valence-electron chi connectivity index (χ0n) is 72.9. The minimum atomic E-state index is -2.41. The van der Waals surface area contributed by atoms with Gasteiger partial charge < -0.3 is 96.7 Å². The van der Waals surface area contributed by atoms with Gasteiger partial charge in [-0.05, 0) is 147 Å². The maximum atomic E-state index is 15.6. The van der Waals surface area contributed by atoms with Gasteiger partial charge in [0.25, 0.3) is 0 Å². The van der Waals surface area contributed by atoms with Crippen LogP contribution in [0.3, 0.4) is 0 Å². The number of fused-ring (bicyclic) bond motifs is 10. The molecule has 12 rings (SSSR count). The Morgan fingerprint density at radius 2 is 0.919 bits per heavy atom. The number of aliphatic hydroxyl groups is 4. The van der Waals surface area contributed by atoms with Crippen LogP contribution in [-0.2, 0) is 95.2 Å². The second kappa shape index (κ2) is 35.1. The van der Waals surface area contributed by atoms with E-state index >= 15 is 9.59 Å². The number of carbonyl (C=O) groups is 12. The highest BCUT2D eigenvalue weighted by Crippen LogP contribution is 2.68. The van der Waals surface area contributed by atoms with Crippen molar-refractivity contribution in [3.8, 4) is 0 Å². The molecule has 4 aromatic rings. The van der Waals surface area contributed by atoms with Crippen LogP contribution < -0.4 is 10.6 Å². The molecule has 2 saturated heterocycles. The first-order valence-corrected chi connectivity index (χ1v) is 41.2. The first kappa shape index (κ1) is 95.0. The predicted octanol–water partition coefficient (Wildman–Crippen LogP) is 10.3. The molecule has 2 aromatic heterocycles. The summed E-state index contributed by atoms with van der Waals surface area (Å²) in [7, 11) is 0. The number of nitrogens with one attached hydrogen (secondary N) is 2. The number of carbonyl (C=O) groups excluding carboxylic acids is 12. The van der Waals surface area contributed by atoms with Gasteiger partial charge in [-0.2, -0.15) is 0 Å². The monoisotopic (exact) mass is 1720 g/mol. The van der Waals surface area contributed by atoms with E-state index < -0.39 is 230 Å². The number of furan rings is 2. The third-order valence-corrected chi connectivity index (χ3v) is 26.2. The van der Waals surface area contributed by atoms with Crippen LogP contribution in [0.5, 0.6) is 0 Å². The highest BCUT2D eigenvalue weighted by molar-refractivity contribution is 5.96. The largest absolute Gasteiger partial charge is 0.467 e. The van der Waals surface area contributed by atoms with E-state index in [4.69, 9.17) is 65.7 Å². The summed E-state index contributed by atoms with van der Waals surface area (Å²) in [6.07, 6.45) is -15.2. The Bertz CT molecular complexity index is 4440. The lowest BCUT2D eigenvalue weighted by atomic mass is 9.43. The molecule has 0 radical (unpaired) electrons. The molecule has 6 N–H and O–H groups in total. The van der Waals surface area contributed by atoms with Gasteiger partial charge in [0.15, 0.2) is 23.1 Å². The summed E-state index contributed by atoms with van der Waals surface area (Å²) in [6.45, 7) is 31.0. The number of aliphatic hydroxyl groups excluding tert-OH is 2. The number of alkyl carbamates (subject to hydrolysis) is 2. The number of rotatable bonds is 20. The van der Waals surface area contributed by atoms with Gasteiger partial charge in [0.05, 0.1) is 65.5 Å². The standard InChI is InChI=1S/C46H59NO14.C44H55NO16.FH/c1-12-33(49)58-31-21-32-45(23-56-32,60-27(5)48)36-38(59-40(52)28-17-14-13-15-18-28)46(54)22-30(24(2)34(43(46,9)10)25(3)37(50)44(31,36)11)57-39(51)26(4)35(29-19-16-20-55-29)47-41(53)61-42(6,7)8;1-10-29(47)58-27-19-28-43(21-56-28,60-23(3)46)34-36(59-37(51)24-15-12-11-13-16-24)44(54)20-26(22(2)30(41(44,7)8)32(48)35(50)42(27,34)9)57-38(52)33(49)31(25-17-14-18-55-25)45-39(53)61-40(4,5)6;/h13-20,25-26,30-32,35-36,38,54H,12,21-23H2,1-11H3,(H,47,53);11-18,26-28,31-34,36,48-49,54H,10,19-21H2,1-9H3,(H,45,53);1H/t25-,26-,30+,31+,32-,35-,36?,38+,44-,45+,46-;26-,27-,28+,31-,32+,33+,34?,36-,42+,43-,44+;/m10./s1. The van der Waals surface area contributed by atoms with E-state index in [1.807, 2.05) is 0 Å². The fraction of sp³-hybridized carbons (Fsp3) is 0.600. The number of benzene rings is 2. The van der Waals surface area contributed by atoms with E-state index in [9.17, 15) is 68.4 Å². The van der Waals surface area contributed by atoms with Crippen LogP contribution in [0.1, 0.15) is 221 Å². The highest BCUT2D eigenvalue weighted by Gasteiger charge is 2.81. The van der Waals surface area contributed by atoms with Gasteiger partial charge in [0.1, 0.15) is 107 Å². The van der Waals surface area contributed by atoms with Crippen molar-refractivity contribution >= 4 is 71.5 Å². The summed E-state index contributed by atoms with van der Waals surface area (Å²) >= 11 is 0. The van der Waals surface area contributed by atoms with E-state index in [0.717, 1.165) is 6.92 Å². The Labute approximate surface area is 712 Å². The van der Waals surface area contributed by atoms with Gasteiger partial charge in [-0.3, -0.25) is 38.3 Å². The summed E-state index contributed by atoms with van der Waals surface area (Å²) in [4.78, 5) is 166. The van der Waals surface area contributed by atoms with Gasteiger partial charge in [0.2, 0.25) is 0 Å². The summed E-state index contributed by atoms with van der Waals surface area (Å²) in [5.41, 5.74) is -15.5. The third kappa shape index (κ3) is 17.2. The van der Waals surface area contributed by atoms with Crippen LogP contribution in [0.15, 0.2) is 129 Å². The zero-order chi connectivity index (χ0) is 90.1. The van der Waals surface area contributed by atoms with Crippen molar-refractivity contribution in [3.63, 3.8) is 0 Å². The molecular weight excluding hydrogens is 1610 g/mol. The van der Waals surface area contributed by atoms with Crippen LogP contribution in [-0.4, -0.2) is 200 Å². The molecule has 2 amide bonds. The first-order chi connectivity index (χ1) is 56.8. The summed E-state index contributed by atoms with van der Waals surface area (Å²) in [5, 5.41) is 56.5. The molecule has 2 aromatic carbocycles. The van der Waals surface area contributed by atoms with E-state index in [2.05, 4.69) is 10.6 Å². The average molecular weight is 1720 g/mol. The SMILES string of the molecule is CCC(=O)O[C@H]1C[C@H]2OC[C@@]2(OC(C)=O)C2[C@H](OC(=O)c3ccccc3)[C@]3(O)C[C@H](OC(=O)[C@H](C)[C@@H](NC(=O)OC(C)(C)C)c4ccco4)C(C)=C([C@@H](C)C(=O)[C@@]21C)C3(C)C.CCC(=O)O[C@H]1C[C@H]2OC[C@@]2(OC(C)=O)C2[C@H](OC(=O)c3ccccc3)[C@]3(O)C[C@H](OC(=O)[C@H](O)[C@@H](NC(=O)OC(C)(C)C)c4ccco4)C(C)=C([C@@H](O)C(=O)[C@@]21C)C3(C)C.F. The van der Waals surface area contributed by atoms with Crippen LogP contribution in [0.2, 0.25) is 0 Å². The minimum Gasteiger partial charge on any atom is -0.467 e. The molecule has 32 nitrogen and oxygen atoms in total. The second-order valence-corrected chi connectivity index (χ2v) is 36.7. The summed E-state index contributed by atoms with van der Waals surface area (Å²) in [5.74, 6) is -12.8. The van der Waals surface area contributed by atoms with Crippen molar-refractivity contribution in [1.82, 2.24) is 10.6 Å². The molecule has 4 heterocycles. The lowest BCUT2D eigenvalue weighted by Crippen LogP contribution is -2.82. The number of ketones is 2. The molecule has 672 valence electrons. The fourth-order valence-electron chi connectivity index (χ4n) is 20.1. The molecule has 33 heteroatoms. The van der Waals surface area contributed by atoms with Crippen LogP contribution >= 0.6 is 0 Å². The molecule has 4 bridgehead atoms. The molecule has 6 fully saturated rings. The normalized spacial score (nSPS) is 32.3. The van der Waals surface area contributed by atoms with Crippen molar-refractivity contribution < 1.29 is 148 Å². The smallest absolute Gasteiger partial charge is 0.408 e. The average Bonchev–Trinajstić information content (AvgIpc) is 1.11. The second-order valence-electron chi connectivity index (χ2n) is 36.7. The van der Waals surface area contributed by atoms with Crippen LogP contribution in [0, 0.1) is 45.3 Å². The van der Waals surface area contributed by atoms with Crippen molar-refractivity contribution in [1.29, 1.82) is 0 Å². The molecule has 6 aliphatic carbocycles. The Morgan fingerprint density at radius 1 is 0.537 bits per heavy atom. The van der Waals surface area contributed by atoms with Gasteiger partial charge in [-0.1, -0.05) is 84.9 Å². The number of esters is 8. The molecule has 22 atom stereocenters. The quantitative estimate of drug-likeness (QED) is 0.0272. The Kier molecular flexibility index (Phi) is 27.1. The van der Waals surface area contributed by atoms with E-state index in [-0.39, 0.29) is 83.8 Å². The van der Waals surface area contributed by atoms with Gasteiger partial charge in [-0.25, -0.2) is 24.0 Å². The third-order valence-electron chi connectivity index (χ3n) is 26.2. The molecule has 4 saturated carbocycles. The number of ether oxygens (including phenoxy) is 12. The Hall–Kier alpha value is -10.2. The lowest BCUT2D eigenvalue weighted by Gasteiger charge is -2.67. The minimum absolute atomic E-state index is 0. The van der Waals surface area contributed by atoms with E-state index in [0.29, 0.717) is 11.1 Å². The highest BCUT2D eigenvalue weighted by atomic mass is 19.0. The van der Waals surface area contributed by atoms with Gasteiger partial charge >= 0.3 is 59.9 Å². The van der Waals surface area contributed by atoms with Crippen molar-refractivity contribution in [2.45, 2.75) is 284 Å². The lowest BCUT2D eigenvalue weighted by molar-refractivity contribution is -0.346. The summed E-state index contributed by atoms with van der Waals surface area (Å²) < 4.78 is 83.4. The number of hydrogen-bond donors (Lipinski definition) is 6. The van der Waals surface area contributed by atoms with Gasteiger partial charge in [0, 0.05) is 69.1 Å². The van der Waals surface area contributed by atoms with Crippen molar-refractivity contribution in [3.05, 3.63) is 142 Å².